The van der Waals surface area contributed by atoms with E-state index in [1.807, 2.05) is 109 Å². The highest BCUT2D eigenvalue weighted by molar-refractivity contribution is 6.06. The van der Waals surface area contributed by atoms with Gasteiger partial charge >= 0.3 is 6.09 Å². The third-order valence-electron chi connectivity index (χ3n) is 10.6. The molecule has 2 N–H and O–H groups in total. The number of alkyl carbamates (subject to hydrolysis) is 1. The first-order chi connectivity index (χ1) is 27.2. The molecule has 0 bridgehead atoms. The second-order valence-electron chi connectivity index (χ2n) is 14.4. The summed E-state index contributed by atoms with van der Waals surface area (Å²) in [7, 11) is 2.11. The van der Waals surface area contributed by atoms with E-state index in [9.17, 15) is 19.5 Å². The number of aliphatic hydroxyl groups is 1. The van der Waals surface area contributed by atoms with Crippen LogP contribution in [0.5, 0.6) is 0 Å². The smallest absolute Gasteiger partial charge is 0.408 e. The van der Waals surface area contributed by atoms with Crippen LogP contribution in [0.25, 0.3) is 11.1 Å². The fraction of sp³-hybridized carbons (Fsp3) is 0.283. The number of rotatable bonds is 13. The van der Waals surface area contributed by atoms with Crippen molar-refractivity contribution in [3.63, 3.8) is 0 Å². The van der Waals surface area contributed by atoms with Crippen LogP contribution in [0.1, 0.15) is 71.6 Å². The average Bonchev–Trinajstić information content (AvgIpc) is 3.50. The van der Waals surface area contributed by atoms with Gasteiger partial charge in [0.25, 0.3) is 5.91 Å². The normalized spacial score (nSPS) is 20.2. The molecule has 5 aromatic rings. The fourth-order valence-electron chi connectivity index (χ4n) is 7.30. The van der Waals surface area contributed by atoms with Gasteiger partial charge < -0.3 is 24.6 Å². The standard InChI is InChI=1S/C46H47N3O7/c1-31(34-13-7-4-8-14-34)48(2)28-39-25-42(36-19-17-32(29-50)18-20-36)56-45(55-39)37-23-21-35(22-24-37)40-16-10-9-15-38(40)27-49-43(51)26-41(44(49)52)47-46(53)54-30-33-11-5-3-6-12-33/h3-24,31,39,41-42,45,50H,25-30H2,1-2H3,(H,47,53). The summed E-state index contributed by atoms with van der Waals surface area (Å²) < 4.78 is 18.6. The SMILES string of the molecule is CC(c1ccccc1)N(C)CC1CC(c2ccc(CO)cc2)OC(c2ccc(-c3ccccc3CN3C(=O)CC(NC(=O)OCc4ccccc4)C3=O)cc2)O1. The van der Waals surface area contributed by atoms with Crippen molar-refractivity contribution in [2.75, 3.05) is 13.6 Å². The number of nitrogens with zero attached hydrogens (tertiary/aromatic N) is 2. The first-order valence-electron chi connectivity index (χ1n) is 19.0. The van der Waals surface area contributed by atoms with Gasteiger partial charge in [-0.05, 0) is 52.9 Å². The molecule has 7 rings (SSSR count). The van der Waals surface area contributed by atoms with E-state index in [0.29, 0.717) is 13.0 Å². The average molecular weight is 754 g/mol. The number of nitrogens with one attached hydrogen (secondary N) is 1. The van der Waals surface area contributed by atoms with Crippen molar-refractivity contribution in [2.45, 2.75) is 70.1 Å². The molecule has 2 saturated heterocycles. The Morgan fingerprint density at radius 2 is 1.50 bits per heavy atom. The summed E-state index contributed by atoms with van der Waals surface area (Å²) in [5, 5.41) is 12.2. The lowest BCUT2D eigenvalue weighted by atomic mass is 9.97. The molecule has 2 aliphatic rings. The molecule has 2 aliphatic heterocycles. The Balaban J connectivity index is 1.04. The number of hydrogen-bond acceptors (Lipinski definition) is 8. The summed E-state index contributed by atoms with van der Waals surface area (Å²) in [6, 6.07) is 42.4. The molecule has 10 heteroatoms. The number of imide groups is 1. The summed E-state index contributed by atoms with van der Waals surface area (Å²) in [6.45, 7) is 3.00. The number of hydrogen-bond donors (Lipinski definition) is 2. The summed E-state index contributed by atoms with van der Waals surface area (Å²) in [5.41, 5.74) is 7.36. The topological polar surface area (TPSA) is 118 Å². The van der Waals surface area contributed by atoms with Gasteiger partial charge in [-0.2, -0.15) is 0 Å². The van der Waals surface area contributed by atoms with E-state index in [1.54, 1.807) is 0 Å². The molecule has 5 unspecified atom stereocenters. The number of aliphatic hydroxyl groups excluding tert-OH is 1. The zero-order chi connectivity index (χ0) is 39.0. The highest BCUT2D eigenvalue weighted by Crippen LogP contribution is 2.39. The number of carbonyl (C=O) groups is 3. The zero-order valence-electron chi connectivity index (χ0n) is 31.6. The van der Waals surface area contributed by atoms with Crippen LogP contribution in [0.15, 0.2) is 133 Å². The van der Waals surface area contributed by atoms with Gasteiger partial charge in [0.1, 0.15) is 12.6 Å². The van der Waals surface area contributed by atoms with E-state index in [0.717, 1.165) is 38.9 Å². The van der Waals surface area contributed by atoms with E-state index < -0.39 is 24.3 Å². The Labute approximate surface area is 327 Å². The third-order valence-corrected chi connectivity index (χ3v) is 10.6. The molecular formula is C46H47N3O7. The van der Waals surface area contributed by atoms with Crippen molar-refractivity contribution >= 4 is 17.9 Å². The molecule has 0 spiro atoms. The number of benzene rings is 5. The van der Waals surface area contributed by atoms with Crippen molar-refractivity contribution in [1.82, 2.24) is 15.1 Å². The number of likely N-dealkylation sites (N-methyl/N-ethyl adjacent to an activating group) is 1. The number of amides is 3. The minimum Gasteiger partial charge on any atom is -0.445 e. The molecule has 0 aromatic heterocycles. The van der Waals surface area contributed by atoms with Gasteiger partial charge in [0.2, 0.25) is 5.91 Å². The van der Waals surface area contributed by atoms with Crippen molar-refractivity contribution in [2.24, 2.45) is 0 Å². The number of ether oxygens (including phenoxy) is 3. The quantitative estimate of drug-likeness (QED) is 0.118. The lowest BCUT2D eigenvalue weighted by molar-refractivity contribution is -0.253. The lowest BCUT2D eigenvalue weighted by Crippen LogP contribution is -2.41. The van der Waals surface area contributed by atoms with Gasteiger partial charge in [-0.25, -0.2) is 4.79 Å². The van der Waals surface area contributed by atoms with Crippen molar-refractivity contribution in [3.05, 3.63) is 167 Å². The Bertz CT molecular complexity index is 2090. The van der Waals surface area contributed by atoms with E-state index in [-0.39, 0.29) is 50.3 Å². The van der Waals surface area contributed by atoms with Gasteiger partial charge in [-0.3, -0.25) is 19.4 Å². The van der Waals surface area contributed by atoms with Crippen LogP contribution in [0.3, 0.4) is 0 Å². The molecule has 2 fully saturated rings. The molecule has 3 amide bonds. The summed E-state index contributed by atoms with van der Waals surface area (Å²) in [5.74, 6) is -0.832. The van der Waals surface area contributed by atoms with Crippen LogP contribution < -0.4 is 5.32 Å². The molecule has 56 heavy (non-hydrogen) atoms. The van der Waals surface area contributed by atoms with Crippen molar-refractivity contribution in [3.8, 4) is 11.1 Å². The molecule has 288 valence electrons. The van der Waals surface area contributed by atoms with Crippen LogP contribution >= 0.6 is 0 Å². The Morgan fingerprint density at radius 3 is 2.21 bits per heavy atom. The number of likely N-dealkylation sites (tertiary alicyclic amines) is 1. The summed E-state index contributed by atoms with van der Waals surface area (Å²) >= 11 is 0. The molecule has 0 saturated carbocycles. The predicted molar refractivity (Wildman–Crippen MR) is 212 cm³/mol. The molecule has 0 radical (unpaired) electrons. The minimum atomic E-state index is -0.991. The lowest BCUT2D eigenvalue weighted by Gasteiger charge is -2.39. The second kappa shape index (κ2) is 17.9. The van der Waals surface area contributed by atoms with Gasteiger partial charge in [0.15, 0.2) is 6.29 Å². The summed E-state index contributed by atoms with van der Waals surface area (Å²) in [4.78, 5) is 42.4. The first-order valence-corrected chi connectivity index (χ1v) is 19.0. The molecule has 0 aliphatic carbocycles. The van der Waals surface area contributed by atoms with E-state index in [4.69, 9.17) is 14.2 Å². The van der Waals surface area contributed by atoms with Crippen LogP contribution in [0.4, 0.5) is 4.79 Å². The van der Waals surface area contributed by atoms with Gasteiger partial charge in [-0.1, -0.05) is 133 Å². The number of carbonyl (C=O) groups excluding carboxylic acids is 3. The second-order valence-corrected chi connectivity index (χ2v) is 14.4. The van der Waals surface area contributed by atoms with Gasteiger partial charge in [0, 0.05) is 24.6 Å². The highest BCUT2D eigenvalue weighted by atomic mass is 16.7. The highest BCUT2D eigenvalue weighted by Gasteiger charge is 2.40. The van der Waals surface area contributed by atoms with Crippen LogP contribution in [-0.2, 0) is 43.6 Å². The fourth-order valence-corrected chi connectivity index (χ4v) is 7.30. The predicted octanol–water partition coefficient (Wildman–Crippen LogP) is 7.64. The van der Waals surface area contributed by atoms with Gasteiger partial charge in [0.05, 0.1) is 31.8 Å². The molecular weight excluding hydrogens is 707 g/mol. The molecule has 5 atom stereocenters. The zero-order valence-corrected chi connectivity index (χ0v) is 31.6. The summed E-state index contributed by atoms with van der Waals surface area (Å²) in [6.07, 6.45) is -1.17. The minimum absolute atomic E-state index is 0.0216. The molecule has 2 heterocycles. The van der Waals surface area contributed by atoms with Crippen molar-refractivity contribution < 1.29 is 33.7 Å². The Kier molecular flexibility index (Phi) is 12.3. The van der Waals surface area contributed by atoms with Crippen LogP contribution in [0, 0.1) is 0 Å². The maximum absolute atomic E-state index is 13.4. The third kappa shape index (κ3) is 9.23. The Morgan fingerprint density at radius 1 is 0.839 bits per heavy atom. The van der Waals surface area contributed by atoms with E-state index >= 15 is 0 Å². The largest absolute Gasteiger partial charge is 0.445 e. The molecule has 10 nitrogen and oxygen atoms in total. The first kappa shape index (κ1) is 38.6. The maximum Gasteiger partial charge on any atom is 0.408 e. The van der Waals surface area contributed by atoms with Crippen LogP contribution in [0.2, 0.25) is 0 Å². The van der Waals surface area contributed by atoms with E-state index in [1.165, 1.54) is 10.5 Å². The van der Waals surface area contributed by atoms with E-state index in [2.05, 4.69) is 48.5 Å². The monoisotopic (exact) mass is 753 g/mol. The maximum atomic E-state index is 13.4. The van der Waals surface area contributed by atoms with Crippen LogP contribution in [-0.4, -0.2) is 58.6 Å². The Hall–Kier alpha value is -5.65. The van der Waals surface area contributed by atoms with Gasteiger partial charge in [-0.15, -0.1) is 0 Å². The van der Waals surface area contributed by atoms with Crippen molar-refractivity contribution in [1.29, 1.82) is 0 Å². The molecule has 5 aromatic carbocycles.